The lowest BCUT2D eigenvalue weighted by Crippen LogP contribution is -2.14. The first-order valence-electron chi connectivity index (χ1n) is 6.80. The molecule has 0 aromatic carbocycles. The van der Waals surface area contributed by atoms with Crippen LogP contribution in [0.5, 0.6) is 5.88 Å². The fourth-order valence-electron chi connectivity index (χ4n) is 1.73. The van der Waals surface area contributed by atoms with Gasteiger partial charge in [-0.3, -0.25) is 0 Å². The van der Waals surface area contributed by atoms with Crippen LogP contribution in [0.4, 0.5) is 32.2 Å². The molecule has 26 heavy (non-hydrogen) atoms. The SMILES string of the molecule is FC(F)(F)c1cnc(NCCOc2ncc(C(F)(F)F)cc2Cl)c(Cl)c1. The van der Waals surface area contributed by atoms with E-state index in [4.69, 9.17) is 27.9 Å². The summed E-state index contributed by atoms with van der Waals surface area (Å²) in [5.74, 6) is -0.220. The van der Waals surface area contributed by atoms with Crippen LogP contribution in [0.3, 0.4) is 0 Å². The Morgan fingerprint density at radius 3 is 1.92 bits per heavy atom. The molecule has 2 aromatic rings. The van der Waals surface area contributed by atoms with E-state index in [0.717, 1.165) is 0 Å². The molecule has 0 spiro atoms. The maximum Gasteiger partial charge on any atom is 0.417 e. The fraction of sp³-hybridized carbons (Fsp3) is 0.286. The fourth-order valence-corrected chi connectivity index (χ4v) is 2.18. The number of ether oxygens (including phenoxy) is 1. The highest BCUT2D eigenvalue weighted by Crippen LogP contribution is 2.33. The van der Waals surface area contributed by atoms with Gasteiger partial charge in [0.15, 0.2) is 0 Å². The van der Waals surface area contributed by atoms with Crippen molar-refractivity contribution in [3.63, 3.8) is 0 Å². The number of halogens is 8. The Hall–Kier alpha value is -1.94. The predicted octanol–water partition coefficient (Wildman–Crippen LogP) is 5.31. The minimum atomic E-state index is -4.58. The van der Waals surface area contributed by atoms with Crippen LogP contribution < -0.4 is 10.1 Å². The molecule has 0 saturated carbocycles. The molecule has 0 atom stereocenters. The van der Waals surface area contributed by atoms with Gasteiger partial charge < -0.3 is 10.1 Å². The summed E-state index contributed by atoms with van der Waals surface area (Å²) in [5, 5.41) is 2.06. The summed E-state index contributed by atoms with van der Waals surface area (Å²) in [5.41, 5.74) is -2.02. The number of pyridine rings is 2. The number of nitrogens with zero attached hydrogens (tertiary/aromatic N) is 2. The molecule has 2 rings (SSSR count). The molecule has 2 aromatic heterocycles. The lowest BCUT2D eigenvalue weighted by Gasteiger charge is -2.12. The van der Waals surface area contributed by atoms with Crippen LogP contribution in [-0.4, -0.2) is 23.1 Å². The van der Waals surface area contributed by atoms with Gasteiger partial charge in [0, 0.05) is 12.4 Å². The number of aromatic nitrogens is 2. The van der Waals surface area contributed by atoms with E-state index in [0.29, 0.717) is 24.5 Å². The Kier molecular flexibility index (Phi) is 6.07. The monoisotopic (exact) mass is 419 g/mol. The first-order valence-corrected chi connectivity index (χ1v) is 7.56. The summed E-state index contributed by atoms with van der Waals surface area (Å²) >= 11 is 11.4. The maximum absolute atomic E-state index is 12.5. The average molecular weight is 420 g/mol. The first kappa shape index (κ1) is 20.4. The molecule has 0 aliphatic rings. The van der Waals surface area contributed by atoms with E-state index in [-0.39, 0.29) is 34.9 Å². The third-order valence-corrected chi connectivity index (χ3v) is 3.50. The van der Waals surface area contributed by atoms with Gasteiger partial charge in [-0.15, -0.1) is 0 Å². The predicted molar refractivity (Wildman–Crippen MR) is 82.5 cm³/mol. The van der Waals surface area contributed by atoms with Crippen LogP contribution in [0, 0.1) is 0 Å². The third kappa shape index (κ3) is 5.28. The molecular formula is C14H9Cl2F6N3O. The lowest BCUT2D eigenvalue weighted by atomic mass is 10.3. The van der Waals surface area contributed by atoms with Crippen molar-refractivity contribution in [2.45, 2.75) is 12.4 Å². The van der Waals surface area contributed by atoms with Gasteiger partial charge in [0.05, 0.1) is 22.7 Å². The molecule has 0 fully saturated rings. The second-order valence-corrected chi connectivity index (χ2v) is 5.65. The minimum Gasteiger partial charge on any atom is -0.475 e. The number of hydrogen-bond donors (Lipinski definition) is 1. The quantitative estimate of drug-likeness (QED) is 0.526. The van der Waals surface area contributed by atoms with Crippen LogP contribution >= 0.6 is 23.2 Å². The highest BCUT2D eigenvalue weighted by atomic mass is 35.5. The molecular weight excluding hydrogens is 411 g/mol. The van der Waals surface area contributed by atoms with Gasteiger partial charge in [0.1, 0.15) is 17.4 Å². The summed E-state index contributed by atoms with van der Waals surface area (Å²) < 4.78 is 80.1. The van der Waals surface area contributed by atoms with Gasteiger partial charge >= 0.3 is 12.4 Å². The molecule has 4 nitrogen and oxygen atoms in total. The smallest absolute Gasteiger partial charge is 0.417 e. The molecule has 0 bridgehead atoms. The highest BCUT2D eigenvalue weighted by Gasteiger charge is 2.32. The van der Waals surface area contributed by atoms with E-state index in [9.17, 15) is 26.3 Å². The van der Waals surface area contributed by atoms with Gasteiger partial charge in [-0.1, -0.05) is 23.2 Å². The Bertz CT molecular complexity index is 717. The molecule has 1 N–H and O–H groups in total. The third-order valence-electron chi connectivity index (χ3n) is 2.94. The molecule has 0 saturated heterocycles. The summed E-state index contributed by atoms with van der Waals surface area (Å²) in [6.45, 7) is -0.0613. The van der Waals surface area contributed by atoms with Crippen molar-refractivity contribution in [1.82, 2.24) is 9.97 Å². The van der Waals surface area contributed by atoms with Crippen molar-refractivity contribution in [3.8, 4) is 5.88 Å². The number of nitrogens with one attached hydrogen (secondary N) is 1. The molecule has 0 amide bonds. The standard InChI is InChI=1S/C14H9Cl2F6N3O/c15-9-3-7(13(17,18)19)5-24-11(9)23-1-2-26-12-10(16)4-8(6-25-12)14(20,21)22/h3-6H,1-2H2,(H,23,24). The zero-order chi connectivity index (χ0) is 19.5. The van der Waals surface area contributed by atoms with Crippen molar-refractivity contribution in [2.75, 3.05) is 18.5 Å². The van der Waals surface area contributed by atoms with Crippen molar-refractivity contribution in [2.24, 2.45) is 0 Å². The van der Waals surface area contributed by atoms with Crippen LogP contribution in [-0.2, 0) is 12.4 Å². The molecule has 0 aliphatic carbocycles. The molecule has 142 valence electrons. The number of hydrogen-bond acceptors (Lipinski definition) is 4. The van der Waals surface area contributed by atoms with Gasteiger partial charge in [-0.25, -0.2) is 9.97 Å². The first-order chi connectivity index (χ1) is 12.0. The van der Waals surface area contributed by atoms with Crippen molar-refractivity contribution in [3.05, 3.63) is 45.7 Å². The second kappa shape index (κ2) is 7.75. The summed E-state index contributed by atoms with van der Waals surface area (Å²) in [4.78, 5) is 7.04. The highest BCUT2D eigenvalue weighted by molar-refractivity contribution is 6.33. The van der Waals surface area contributed by atoms with Crippen LogP contribution in [0.1, 0.15) is 11.1 Å². The zero-order valence-electron chi connectivity index (χ0n) is 12.6. The molecule has 0 aliphatic heterocycles. The minimum absolute atomic E-state index is 0.00487. The molecule has 0 radical (unpaired) electrons. The average Bonchev–Trinajstić information content (AvgIpc) is 2.52. The zero-order valence-corrected chi connectivity index (χ0v) is 14.1. The Morgan fingerprint density at radius 1 is 0.885 bits per heavy atom. The lowest BCUT2D eigenvalue weighted by molar-refractivity contribution is -0.138. The van der Waals surface area contributed by atoms with Crippen molar-refractivity contribution in [1.29, 1.82) is 0 Å². The van der Waals surface area contributed by atoms with Crippen LogP contribution in [0.2, 0.25) is 10.0 Å². The number of alkyl halides is 6. The molecule has 2 heterocycles. The van der Waals surface area contributed by atoms with E-state index < -0.39 is 23.5 Å². The van der Waals surface area contributed by atoms with Gasteiger partial charge in [0.25, 0.3) is 0 Å². The molecule has 12 heteroatoms. The van der Waals surface area contributed by atoms with E-state index in [1.807, 2.05) is 0 Å². The number of anilines is 1. The molecule has 0 unspecified atom stereocenters. The van der Waals surface area contributed by atoms with Gasteiger partial charge in [-0.2, -0.15) is 26.3 Å². The van der Waals surface area contributed by atoms with E-state index in [1.165, 1.54) is 0 Å². The van der Waals surface area contributed by atoms with Crippen molar-refractivity contribution >= 4 is 29.0 Å². The number of rotatable bonds is 5. The van der Waals surface area contributed by atoms with Gasteiger partial charge in [0.2, 0.25) is 5.88 Å². The summed E-state index contributed by atoms with van der Waals surface area (Å²) in [6.07, 6.45) is -7.96. The largest absolute Gasteiger partial charge is 0.475 e. The summed E-state index contributed by atoms with van der Waals surface area (Å²) in [6, 6.07) is 1.39. The van der Waals surface area contributed by atoms with E-state index >= 15 is 0 Å². The summed E-state index contributed by atoms with van der Waals surface area (Å²) in [7, 11) is 0. The normalized spacial score (nSPS) is 12.2. The second-order valence-electron chi connectivity index (χ2n) is 4.84. The maximum atomic E-state index is 12.5. The van der Waals surface area contributed by atoms with Crippen LogP contribution in [0.25, 0.3) is 0 Å². The van der Waals surface area contributed by atoms with Crippen LogP contribution in [0.15, 0.2) is 24.5 Å². The van der Waals surface area contributed by atoms with Gasteiger partial charge in [-0.05, 0) is 12.1 Å². The Balaban J connectivity index is 1.91. The van der Waals surface area contributed by atoms with E-state index in [2.05, 4.69) is 15.3 Å². The Labute approximate surface area is 153 Å². The van der Waals surface area contributed by atoms with Crippen molar-refractivity contribution < 1.29 is 31.1 Å². The topological polar surface area (TPSA) is 47.0 Å². The van der Waals surface area contributed by atoms with E-state index in [1.54, 1.807) is 0 Å². The Morgan fingerprint density at radius 2 is 1.42 bits per heavy atom.